The van der Waals surface area contributed by atoms with E-state index in [1.54, 1.807) is 0 Å². The van der Waals surface area contributed by atoms with E-state index < -0.39 is 0 Å². The fraction of sp³-hybridized carbons (Fsp3) is 0.700. The van der Waals surface area contributed by atoms with Crippen LogP contribution in [-0.4, -0.2) is 9.78 Å². The number of nitrogens with two attached hydrogens (primary N) is 1. The molecule has 0 bridgehead atoms. The topological polar surface area (TPSA) is 43.8 Å². The predicted molar refractivity (Wildman–Crippen MR) is 53.6 cm³/mol. The first-order chi connectivity index (χ1) is 6.24. The molecular formula is C10H17N3. The molecule has 0 aliphatic heterocycles. The molecule has 0 atom stereocenters. The summed E-state index contributed by atoms with van der Waals surface area (Å²) in [5.41, 5.74) is 8.49. The van der Waals surface area contributed by atoms with Crippen molar-refractivity contribution in [2.45, 2.75) is 38.5 Å². The number of hydrogen-bond donors (Lipinski definition) is 1. The molecular weight excluding hydrogens is 162 g/mol. The molecule has 1 heterocycles. The van der Waals surface area contributed by atoms with Gasteiger partial charge < -0.3 is 5.73 Å². The van der Waals surface area contributed by atoms with Crippen LogP contribution in [0.25, 0.3) is 0 Å². The van der Waals surface area contributed by atoms with Gasteiger partial charge in [-0.25, -0.2) is 0 Å². The van der Waals surface area contributed by atoms with Gasteiger partial charge in [-0.3, -0.25) is 4.68 Å². The van der Waals surface area contributed by atoms with E-state index >= 15 is 0 Å². The average molecular weight is 179 g/mol. The number of aromatic nitrogens is 2. The molecule has 1 aromatic heterocycles. The SMILES string of the molecule is CCc1c(N)nn(C)c1C1CCC1. The van der Waals surface area contributed by atoms with Crippen molar-refractivity contribution in [2.24, 2.45) is 7.05 Å². The van der Waals surface area contributed by atoms with E-state index in [4.69, 9.17) is 5.73 Å². The minimum atomic E-state index is 0.727. The van der Waals surface area contributed by atoms with Gasteiger partial charge in [0.15, 0.2) is 0 Å². The molecule has 1 saturated carbocycles. The summed E-state index contributed by atoms with van der Waals surface area (Å²) in [6, 6.07) is 0. The minimum absolute atomic E-state index is 0.727. The second kappa shape index (κ2) is 3.05. The summed E-state index contributed by atoms with van der Waals surface area (Å²) < 4.78 is 1.97. The lowest BCUT2D eigenvalue weighted by atomic mass is 9.81. The first kappa shape index (κ1) is 8.60. The van der Waals surface area contributed by atoms with Gasteiger partial charge in [-0.1, -0.05) is 13.3 Å². The average Bonchev–Trinajstić information content (AvgIpc) is 2.24. The number of nitrogens with zero attached hydrogens (tertiary/aromatic N) is 2. The Hall–Kier alpha value is -0.990. The normalized spacial score (nSPS) is 17.4. The molecule has 0 radical (unpaired) electrons. The number of anilines is 1. The van der Waals surface area contributed by atoms with E-state index in [0.29, 0.717) is 0 Å². The first-order valence-corrected chi connectivity index (χ1v) is 5.05. The van der Waals surface area contributed by atoms with Crippen LogP contribution in [0.2, 0.25) is 0 Å². The van der Waals surface area contributed by atoms with E-state index in [9.17, 15) is 0 Å². The Kier molecular flexibility index (Phi) is 2.02. The highest BCUT2D eigenvalue weighted by atomic mass is 15.3. The number of rotatable bonds is 2. The lowest BCUT2D eigenvalue weighted by Crippen LogP contribution is -2.14. The molecule has 0 saturated heterocycles. The third-order valence-electron chi connectivity index (χ3n) is 3.07. The van der Waals surface area contributed by atoms with E-state index in [0.717, 1.165) is 18.2 Å². The standard InChI is InChI=1S/C10H17N3/c1-3-8-9(7-5-4-6-7)13(2)12-10(8)11/h7H,3-6H2,1-2H3,(H2,11,12). The molecule has 1 fully saturated rings. The molecule has 13 heavy (non-hydrogen) atoms. The molecule has 0 amide bonds. The number of hydrogen-bond acceptors (Lipinski definition) is 2. The van der Waals surface area contributed by atoms with Gasteiger partial charge in [0, 0.05) is 24.2 Å². The molecule has 1 aliphatic rings. The Bertz CT molecular complexity index is 310. The second-order valence-corrected chi connectivity index (χ2v) is 3.85. The Morgan fingerprint density at radius 1 is 1.54 bits per heavy atom. The summed E-state index contributed by atoms with van der Waals surface area (Å²) in [4.78, 5) is 0. The van der Waals surface area contributed by atoms with Crippen molar-refractivity contribution < 1.29 is 0 Å². The molecule has 1 aromatic rings. The van der Waals surface area contributed by atoms with E-state index in [1.165, 1.54) is 30.5 Å². The maximum Gasteiger partial charge on any atom is 0.148 e. The van der Waals surface area contributed by atoms with Gasteiger partial charge in [-0.05, 0) is 19.3 Å². The zero-order chi connectivity index (χ0) is 9.42. The maximum atomic E-state index is 5.84. The number of nitrogen functional groups attached to an aromatic ring is 1. The molecule has 0 unspecified atom stereocenters. The van der Waals surface area contributed by atoms with Crippen molar-refractivity contribution in [2.75, 3.05) is 5.73 Å². The van der Waals surface area contributed by atoms with Crippen LogP contribution in [0.5, 0.6) is 0 Å². The smallest absolute Gasteiger partial charge is 0.148 e. The van der Waals surface area contributed by atoms with E-state index in [-0.39, 0.29) is 0 Å². The third-order valence-corrected chi connectivity index (χ3v) is 3.07. The summed E-state index contributed by atoms with van der Waals surface area (Å²) in [5, 5.41) is 4.28. The molecule has 2 N–H and O–H groups in total. The van der Waals surface area contributed by atoms with Crippen LogP contribution in [0.15, 0.2) is 0 Å². The van der Waals surface area contributed by atoms with Crippen molar-refractivity contribution in [1.82, 2.24) is 9.78 Å². The predicted octanol–water partition coefficient (Wildman–Crippen LogP) is 1.83. The molecule has 72 valence electrons. The van der Waals surface area contributed by atoms with Crippen LogP contribution in [0.1, 0.15) is 43.4 Å². The lowest BCUT2D eigenvalue weighted by molar-refractivity contribution is 0.395. The van der Waals surface area contributed by atoms with Gasteiger partial charge >= 0.3 is 0 Å². The van der Waals surface area contributed by atoms with E-state index in [2.05, 4.69) is 12.0 Å². The summed E-state index contributed by atoms with van der Waals surface area (Å²) >= 11 is 0. The van der Waals surface area contributed by atoms with Gasteiger partial charge in [-0.2, -0.15) is 5.10 Å². The van der Waals surface area contributed by atoms with Crippen LogP contribution in [0, 0.1) is 0 Å². The van der Waals surface area contributed by atoms with Crippen LogP contribution < -0.4 is 5.73 Å². The zero-order valence-electron chi connectivity index (χ0n) is 8.38. The highest BCUT2D eigenvalue weighted by molar-refractivity contribution is 5.44. The van der Waals surface area contributed by atoms with Crippen LogP contribution in [0.3, 0.4) is 0 Å². The highest BCUT2D eigenvalue weighted by Gasteiger charge is 2.26. The van der Waals surface area contributed by atoms with Crippen LogP contribution >= 0.6 is 0 Å². The van der Waals surface area contributed by atoms with Crippen molar-refractivity contribution in [3.05, 3.63) is 11.3 Å². The molecule has 1 aliphatic carbocycles. The highest BCUT2D eigenvalue weighted by Crippen LogP contribution is 2.39. The van der Waals surface area contributed by atoms with Crippen LogP contribution in [0.4, 0.5) is 5.82 Å². The summed E-state index contributed by atoms with van der Waals surface area (Å²) in [6.07, 6.45) is 4.99. The Labute approximate surface area is 78.9 Å². The summed E-state index contributed by atoms with van der Waals surface area (Å²) in [5.74, 6) is 1.46. The minimum Gasteiger partial charge on any atom is -0.382 e. The van der Waals surface area contributed by atoms with Gasteiger partial charge in [-0.15, -0.1) is 0 Å². The fourth-order valence-electron chi connectivity index (χ4n) is 2.16. The number of aryl methyl sites for hydroxylation is 1. The maximum absolute atomic E-state index is 5.84. The van der Waals surface area contributed by atoms with Crippen molar-refractivity contribution in [3.8, 4) is 0 Å². The van der Waals surface area contributed by atoms with Gasteiger partial charge in [0.05, 0.1) is 0 Å². The molecule has 3 nitrogen and oxygen atoms in total. The van der Waals surface area contributed by atoms with Crippen LogP contribution in [-0.2, 0) is 13.5 Å². The van der Waals surface area contributed by atoms with Crippen molar-refractivity contribution >= 4 is 5.82 Å². The quantitative estimate of drug-likeness (QED) is 0.752. The van der Waals surface area contributed by atoms with Crippen molar-refractivity contribution in [1.29, 1.82) is 0 Å². The van der Waals surface area contributed by atoms with Gasteiger partial charge in [0.2, 0.25) is 0 Å². The Morgan fingerprint density at radius 3 is 2.69 bits per heavy atom. The van der Waals surface area contributed by atoms with Gasteiger partial charge in [0.25, 0.3) is 0 Å². The summed E-state index contributed by atoms with van der Waals surface area (Å²) in [7, 11) is 2.00. The molecule has 3 heteroatoms. The third kappa shape index (κ3) is 1.23. The Balaban J connectivity index is 2.40. The summed E-state index contributed by atoms with van der Waals surface area (Å²) in [6.45, 7) is 2.15. The van der Waals surface area contributed by atoms with Gasteiger partial charge in [0.1, 0.15) is 5.82 Å². The monoisotopic (exact) mass is 179 g/mol. The Morgan fingerprint density at radius 2 is 2.23 bits per heavy atom. The fourth-order valence-corrected chi connectivity index (χ4v) is 2.16. The lowest BCUT2D eigenvalue weighted by Gasteiger charge is -2.26. The molecule has 2 rings (SSSR count). The second-order valence-electron chi connectivity index (χ2n) is 3.85. The first-order valence-electron chi connectivity index (χ1n) is 5.05. The largest absolute Gasteiger partial charge is 0.382 e. The van der Waals surface area contributed by atoms with E-state index in [1.807, 2.05) is 11.7 Å². The zero-order valence-corrected chi connectivity index (χ0v) is 8.38. The molecule has 0 spiro atoms. The van der Waals surface area contributed by atoms with Crippen molar-refractivity contribution in [3.63, 3.8) is 0 Å². The molecule has 0 aromatic carbocycles.